The van der Waals surface area contributed by atoms with Crippen LogP contribution in [0.2, 0.25) is 0 Å². The molecule has 0 aliphatic carbocycles. The fourth-order valence-corrected chi connectivity index (χ4v) is 3.58. The summed E-state index contributed by atoms with van der Waals surface area (Å²) in [5.74, 6) is 2.12. The Labute approximate surface area is 155 Å². The van der Waals surface area contributed by atoms with Gasteiger partial charge in [0.15, 0.2) is 0 Å². The first-order chi connectivity index (χ1) is 12.7. The molecule has 0 spiro atoms. The quantitative estimate of drug-likeness (QED) is 0.718. The van der Waals surface area contributed by atoms with E-state index in [9.17, 15) is 4.79 Å². The van der Waals surface area contributed by atoms with Gasteiger partial charge in [0.05, 0.1) is 18.9 Å². The number of ether oxygens (including phenoxy) is 2. The molecule has 2 fully saturated rings. The van der Waals surface area contributed by atoms with Crippen molar-refractivity contribution in [3.8, 4) is 0 Å². The second kappa shape index (κ2) is 9.28. The topological polar surface area (TPSA) is 67.8 Å². The Bertz CT molecular complexity index is 604. The molecule has 0 aromatic carbocycles. The third-order valence-corrected chi connectivity index (χ3v) is 4.95. The summed E-state index contributed by atoms with van der Waals surface area (Å²) >= 11 is 0. The van der Waals surface area contributed by atoms with Crippen molar-refractivity contribution in [2.45, 2.75) is 39.0 Å². The zero-order valence-electron chi connectivity index (χ0n) is 15.9. The van der Waals surface area contributed by atoms with Gasteiger partial charge in [-0.15, -0.1) is 0 Å². The summed E-state index contributed by atoms with van der Waals surface area (Å²) in [7, 11) is 0. The van der Waals surface area contributed by atoms with Gasteiger partial charge in [0, 0.05) is 44.8 Å². The zero-order valence-corrected chi connectivity index (χ0v) is 15.9. The van der Waals surface area contributed by atoms with Crippen LogP contribution in [0.25, 0.3) is 0 Å². The molecule has 0 N–H and O–H groups in total. The molecule has 144 valence electrons. The molecule has 0 saturated carbocycles. The van der Waals surface area contributed by atoms with Crippen molar-refractivity contribution in [2.75, 3.05) is 57.5 Å². The normalized spacial score (nSPS) is 21.1. The van der Waals surface area contributed by atoms with Crippen LogP contribution < -0.4 is 4.90 Å². The fraction of sp³-hybridized carbons (Fsp3) is 0.737. The number of aryl methyl sites for hydroxylation is 1. The first kappa shape index (κ1) is 19.0. The number of aromatic nitrogens is 2. The Morgan fingerprint density at radius 3 is 2.88 bits per heavy atom. The summed E-state index contributed by atoms with van der Waals surface area (Å²) < 4.78 is 10.9. The maximum Gasteiger partial charge on any atom is 0.248 e. The molecule has 26 heavy (non-hydrogen) atoms. The number of carbonyl (C=O) groups excluding carboxylic acids is 1. The third kappa shape index (κ3) is 4.92. The highest BCUT2D eigenvalue weighted by atomic mass is 16.5. The lowest BCUT2D eigenvalue weighted by Crippen LogP contribution is -2.41. The predicted molar refractivity (Wildman–Crippen MR) is 99.5 cm³/mol. The Hall–Kier alpha value is -1.73. The van der Waals surface area contributed by atoms with Crippen molar-refractivity contribution in [1.82, 2.24) is 14.9 Å². The van der Waals surface area contributed by atoms with Gasteiger partial charge < -0.3 is 19.3 Å². The van der Waals surface area contributed by atoms with Crippen LogP contribution in [-0.2, 0) is 14.3 Å². The molecule has 7 heteroatoms. The number of nitrogens with zero attached hydrogens (tertiary/aromatic N) is 4. The molecule has 0 radical (unpaired) electrons. The highest BCUT2D eigenvalue weighted by molar-refractivity contribution is 5.77. The lowest BCUT2D eigenvalue weighted by molar-refractivity contribution is -0.137. The number of hydrogen-bond acceptors (Lipinski definition) is 6. The number of carbonyl (C=O) groups is 1. The molecule has 7 nitrogen and oxygen atoms in total. The summed E-state index contributed by atoms with van der Waals surface area (Å²) in [6, 6.07) is 2.10. The molecule has 0 bridgehead atoms. The molecule has 1 amide bonds. The average Bonchev–Trinajstić information content (AvgIpc) is 2.68. The van der Waals surface area contributed by atoms with Gasteiger partial charge in [-0.05, 0) is 26.2 Å². The number of amides is 1. The van der Waals surface area contributed by atoms with E-state index in [-0.39, 0.29) is 18.4 Å². The third-order valence-electron chi connectivity index (χ3n) is 4.95. The first-order valence-corrected chi connectivity index (χ1v) is 9.71. The highest BCUT2D eigenvalue weighted by Gasteiger charge is 2.27. The Morgan fingerprint density at radius 2 is 2.12 bits per heavy atom. The van der Waals surface area contributed by atoms with Gasteiger partial charge in [-0.2, -0.15) is 0 Å². The lowest BCUT2D eigenvalue weighted by Gasteiger charge is -2.33. The van der Waals surface area contributed by atoms with Crippen LogP contribution >= 0.6 is 0 Å². The van der Waals surface area contributed by atoms with E-state index < -0.39 is 0 Å². The second-order valence-electron chi connectivity index (χ2n) is 7.03. The van der Waals surface area contributed by atoms with Crippen molar-refractivity contribution >= 4 is 11.7 Å². The van der Waals surface area contributed by atoms with Crippen LogP contribution in [-0.4, -0.2) is 73.4 Å². The Morgan fingerprint density at radius 1 is 1.31 bits per heavy atom. The number of piperidine rings is 1. The van der Waals surface area contributed by atoms with E-state index >= 15 is 0 Å². The van der Waals surface area contributed by atoms with Crippen molar-refractivity contribution < 1.29 is 14.3 Å². The molecule has 1 atom stereocenters. The van der Waals surface area contributed by atoms with Gasteiger partial charge in [-0.25, -0.2) is 9.97 Å². The zero-order chi connectivity index (χ0) is 18.4. The maximum absolute atomic E-state index is 12.4. The van der Waals surface area contributed by atoms with E-state index in [0.717, 1.165) is 69.4 Å². The van der Waals surface area contributed by atoms with Crippen LogP contribution in [0.5, 0.6) is 0 Å². The van der Waals surface area contributed by atoms with Gasteiger partial charge >= 0.3 is 0 Å². The van der Waals surface area contributed by atoms with E-state index in [4.69, 9.17) is 9.47 Å². The minimum Gasteiger partial charge on any atom is -0.378 e. The molecule has 1 aromatic rings. The molecular formula is C19H30N4O3. The van der Waals surface area contributed by atoms with Crippen LogP contribution in [0.4, 0.5) is 5.82 Å². The van der Waals surface area contributed by atoms with Crippen LogP contribution in [0.3, 0.4) is 0 Å². The standard InChI is InChI=1S/C19H30N4O3/c1-3-9-26-14-19(24)23-6-4-5-16(13-23)17-12-18(21-15(2)20-17)22-7-10-25-11-8-22/h12,16H,3-11,13-14H2,1-2H3/t16-/m0/s1. The molecule has 2 saturated heterocycles. The molecule has 3 rings (SSSR count). The number of likely N-dealkylation sites (tertiary alicyclic amines) is 1. The van der Waals surface area contributed by atoms with E-state index in [1.54, 1.807) is 0 Å². The van der Waals surface area contributed by atoms with E-state index in [1.807, 2.05) is 18.7 Å². The highest BCUT2D eigenvalue weighted by Crippen LogP contribution is 2.28. The molecule has 2 aliphatic rings. The van der Waals surface area contributed by atoms with Gasteiger partial charge in [-0.3, -0.25) is 4.79 Å². The van der Waals surface area contributed by atoms with Crippen LogP contribution in [0.1, 0.15) is 43.6 Å². The van der Waals surface area contributed by atoms with Gasteiger partial charge in [0.1, 0.15) is 18.2 Å². The number of rotatable bonds is 6. The predicted octanol–water partition coefficient (Wildman–Crippen LogP) is 1.75. The lowest BCUT2D eigenvalue weighted by atomic mass is 9.94. The molecule has 0 unspecified atom stereocenters. The summed E-state index contributed by atoms with van der Waals surface area (Å²) in [5, 5.41) is 0. The number of hydrogen-bond donors (Lipinski definition) is 0. The smallest absolute Gasteiger partial charge is 0.248 e. The van der Waals surface area contributed by atoms with Crippen LogP contribution in [0, 0.1) is 6.92 Å². The van der Waals surface area contributed by atoms with Crippen molar-refractivity contribution in [1.29, 1.82) is 0 Å². The summed E-state index contributed by atoms with van der Waals surface area (Å²) in [4.78, 5) is 25.9. The van der Waals surface area contributed by atoms with Crippen molar-refractivity contribution in [3.05, 3.63) is 17.6 Å². The largest absolute Gasteiger partial charge is 0.378 e. The summed E-state index contributed by atoms with van der Waals surface area (Å²) in [6.07, 6.45) is 2.99. The van der Waals surface area contributed by atoms with Gasteiger partial charge in [0.25, 0.3) is 0 Å². The van der Waals surface area contributed by atoms with Crippen LogP contribution in [0.15, 0.2) is 6.07 Å². The second-order valence-corrected chi connectivity index (χ2v) is 7.03. The first-order valence-electron chi connectivity index (χ1n) is 9.71. The van der Waals surface area contributed by atoms with E-state index in [2.05, 4.69) is 20.9 Å². The van der Waals surface area contributed by atoms with Crippen molar-refractivity contribution in [3.63, 3.8) is 0 Å². The minimum atomic E-state index is 0.0855. The average molecular weight is 362 g/mol. The van der Waals surface area contributed by atoms with E-state index in [0.29, 0.717) is 13.2 Å². The van der Waals surface area contributed by atoms with Gasteiger partial charge in [0.2, 0.25) is 5.91 Å². The van der Waals surface area contributed by atoms with E-state index in [1.165, 1.54) is 0 Å². The molecule has 2 aliphatic heterocycles. The Balaban J connectivity index is 1.67. The van der Waals surface area contributed by atoms with Crippen molar-refractivity contribution in [2.24, 2.45) is 0 Å². The molecule has 1 aromatic heterocycles. The fourth-order valence-electron chi connectivity index (χ4n) is 3.58. The number of morpholine rings is 1. The van der Waals surface area contributed by atoms with Gasteiger partial charge in [-0.1, -0.05) is 6.92 Å². The molecular weight excluding hydrogens is 332 g/mol. The molecule has 3 heterocycles. The Kier molecular flexibility index (Phi) is 6.80. The minimum absolute atomic E-state index is 0.0855. The monoisotopic (exact) mass is 362 g/mol. The number of anilines is 1. The summed E-state index contributed by atoms with van der Waals surface area (Å²) in [6.45, 7) is 9.53. The SMILES string of the molecule is CCCOCC(=O)N1CCC[C@H](c2cc(N3CCOCC3)nc(C)n2)C1. The maximum atomic E-state index is 12.4. The summed E-state index contributed by atoms with van der Waals surface area (Å²) in [5.41, 5.74) is 1.05.